The van der Waals surface area contributed by atoms with Crippen molar-refractivity contribution in [3.05, 3.63) is 29.6 Å². The zero-order chi connectivity index (χ0) is 15.0. The summed E-state index contributed by atoms with van der Waals surface area (Å²) in [5.74, 6) is -1.43. The lowest BCUT2D eigenvalue weighted by Crippen LogP contribution is -2.34. The third-order valence-corrected chi connectivity index (χ3v) is 4.39. The van der Waals surface area contributed by atoms with E-state index in [1.807, 2.05) is 0 Å². The predicted molar refractivity (Wildman–Crippen MR) is 74.8 cm³/mol. The molecule has 1 aromatic rings. The van der Waals surface area contributed by atoms with Crippen molar-refractivity contribution < 1.29 is 19.1 Å². The van der Waals surface area contributed by atoms with E-state index in [2.05, 4.69) is 10.6 Å². The van der Waals surface area contributed by atoms with Crippen LogP contribution in [0.1, 0.15) is 36.0 Å². The minimum absolute atomic E-state index is 0.266. The molecular weight excluding hydrogens is 275 g/mol. The van der Waals surface area contributed by atoms with Crippen molar-refractivity contribution in [2.45, 2.75) is 25.7 Å². The molecule has 1 aromatic carbocycles. The van der Waals surface area contributed by atoms with Crippen molar-refractivity contribution in [1.82, 2.24) is 5.32 Å². The highest BCUT2D eigenvalue weighted by Gasteiger charge is 2.53. The zero-order valence-electron chi connectivity index (χ0n) is 11.5. The lowest BCUT2D eigenvalue weighted by molar-refractivity contribution is 0.0692. The molecule has 5 nitrogen and oxygen atoms in total. The Balaban J connectivity index is 1.57. The van der Waals surface area contributed by atoms with Crippen molar-refractivity contribution in [2.75, 3.05) is 11.9 Å². The first-order valence-electron chi connectivity index (χ1n) is 7.08. The number of hydrogen-bond acceptors (Lipinski definition) is 2. The minimum atomic E-state index is -1.36. The van der Waals surface area contributed by atoms with Crippen molar-refractivity contribution in [3.8, 4) is 0 Å². The third kappa shape index (κ3) is 2.99. The van der Waals surface area contributed by atoms with Crippen LogP contribution in [0.25, 0.3) is 0 Å². The maximum atomic E-state index is 13.3. The Morgan fingerprint density at radius 1 is 1.33 bits per heavy atom. The Kier molecular flexibility index (Phi) is 3.31. The van der Waals surface area contributed by atoms with E-state index in [9.17, 15) is 14.0 Å². The quantitative estimate of drug-likeness (QED) is 0.781. The van der Waals surface area contributed by atoms with Gasteiger partial charge in [0.25, 0.3) is 0 Å². The minimum Gasteiger partial charge on any atom is -0.478 e. The number of carboxylic acids is 1. The van der Waals surface area contributed by atoms with Gasteiger partial charge in [-0.2, -0.15) is 0 Å². The number of halogens is 1. The second-order valence-electron chi connectivity index (χ2n) is 5.94. The number of anilines is 1. The highest BCUT2D eigenvalue weighted by molar-refractivity contribution is 5.93. The summed E-state index contributed by atoms with van der Waals surface area (Å²) < 4.78 is 13.3. The van der Waals surface area contributed by atoms with Crippen LogP contribution < -0.4 is 10.6 Å². The number of carbonyl (C=O) groups excluding carboxylic acids is 1. The second-order valence-corrected chi connectivity index (χ2v) is 5.94. The molecule has 3 N–H and O–H groups in total. The van der Waals surface area contributed by atoms with E-state index in [1.54, 1.807) is 0 Å². The van der Waals surface area contributed by atoms with Crippen molar-refractivity contribution in [2.24, 2.45) is 11.3 Å². The topological polar surface area (TPSA) is 78.4 Å². The first-order valence-corrected chi connectivity index (χ1v) is 7.08. The Labute approximate surface area is 121 Å². The molecule has 112 valence electrons. The number of aromatic carboxylic acids is 1. The van der Waals surface area contributed by atoms with E-state index in [0.717, 1.165) is 30.9 Å². The van der Waals surface area contributed by atoms with Gasteiger partial charge in [0.2, 0.25) is 0 Å². The standard InChI is InChI=1S/C15H17FN2O3/c16-12-4-3-10(7-11(12)13(19)20)18-14(21)17-8-15(5-6-15)9-1-2-9/h3-4,7,9H,1-2,5-6,8H2,(H,19,20)(H2,17,18,21). The molecule has 0 bridgehead atoms. The summed E-state index contributed by atoms with van der Waals surface area (Å²) in [6, 6.07) is 3.11. The smallest absolute Gasteiger partial charge is 0.338 e. The van der Waals surface area contributed by atoms with E-state index >= 15 is 0 Å². The summed E-state index contributed by atoms with van der Waals surface area (Å²) in [5, 5.41) is 14.2. The van der Waals surface area contributed by atoms with Crippen molar-refractivity contribution >= 4 is 17.7 Å². The molecule has 0 unspecified atom stereocenters. The van der Waals surface area contributed by atoms with Gasteiger partial charge in [0, 0.05) is 12.2 Å². The largest absolute Gasteiger partial charge is 0.478 e. The molecule has 6 heteroatoms. The molecule has 2 aliphatic carbocycles. The first kappa shape index (κ1) is 13.9. The number of hydrogen-bond donors (Lipinski definition) is 3. The number of carboxylic acid groups (broad SMARTS) is 1. The molecule has 0 aliphatic heterocycles. The summed E-state index contributed by atoms with van der Waals surface area (Å²) in [6.45, 7) is 0.649. The van der Waals surface area contributed by atoms with Gasteiger partial charge in [-0.25, -0.2) is 14.0 Å². The molecule has 0 radical (unpaired) electrons. The van der Waals surface area contributed by atoms with Gasteiger partial charge in [0.05, 0.1) is 5.56 Å². The predicted octanol–water partition coefficient (Wildman–Crippen LogP) is 2.84. The second kappa shape index (κ2) is 5.02. The van der Waals surface area contributed by atoms with Crippen LogP contribution in [0.4, 0.5) is 14.9 Å². The Morgan fingerprint density at radius 3 is 2.62 bits per heavy atom. The van der Waals surface area contributed by atoms with Gasteiger partial charge in [-0.15, -0.1) is 0 Å². The molecule has 0 aromatic heterocycles. The van der Waals surface area contributed by atoms with Crippen molar-refractivity contribution in [1.29, 1.82) is 0 Å². The summed E-state index contributed by atoms with van der Waals surface area (Å²) >= 11 is 0. The van der Waals surface area contributed by atoms with Gasteiger partial charge in [0.1, 0.15) is 5.82 Å². The Hall–Kier alpha value is -2.11. The fraction of sp³-hybridized carbons (Fsp3) is 0.467. The van der Waals surface area contributed by atoms with E-state index in [1.165, 1.54) is 18.9 Å². The monoisotopic (exact) mass is 292 g/mol. The highest BCUT2D eigenvalue weighted by atomic mass is 19.1. The third-order valence-electron chi connectivity index (χ3n) is 4.39. The number of urea groups is 1. The number of carbonyl (C=O) groups is 2. The van der Waals surface area contributed by atoms with Crippen LogP contribution in [0.15, 0.2) is 18.2 Å². The molecule has 0 spiro atoms. The Morgan fingerprint density at radius 2 is 2.05 bits per heavy atom. The van der Waals surface area contributed by atoms with Gasteiger partial charge >= 0.3 is 12.0 Å². The number of rotatable bonds is 5. The van der Waals surface area contributed by atoms with E-state index in [4.69, 9.17) is 5.11 Å². The summed E-state index contributed by atoms with van der Waals surface area (Å²) in [4.78, 5) is 22.7. The molecule has 3 rings (SSSR count). The normalized spacial score (nSPS) is 18.9. The van der Waals surface area contributed by atoms with Crippen LogP contribution in [-0.2, 0) is 0 Å². The molecule has 21 heavy (non-hydrogen) atoms. The van der Waals surface area contributed by atoms with E-state index in [0.29, 0.717) is 12.0 Å². The van der Waals surface area contributed by atoms with Crippen LogP contribution in [-0.4, -0.2) is 23.7 Å². The first-order chi connectivity index (χ1) is 10.00. The number of benzene rings is 1. The van der Waals surface area contributed by atoms with E-state index in [-0.39, 0.29) is 11.7 Å². The van der Waals surface area contributed by atoms with Crippen LogP contribution >= 0.6 is 0 Å². The lowest BCUT2D eigenvalue weighted by atomic mass is 10.0. The van der Waals surface area contributed by atoms with Gasteiger partial charge in [0.15, 0.2) is 0 Å². The average Bonchev–Trinajstić information content (AvgIpc) is 3.31. The maximum Gasteiger partial charge on any atom is 0.338 e. The maximum absolute atomic E-state index is 13.3. The molecule has 0 heterocycles. The highest BCUT2D eigenvalue weighted by Crippen LogP contribution is 2.60. The molecule has 2 saturated carbocycles. The van der Waals surface area contributed by atoms with Crippen LogP contribution in [0.2, 0.25) is 0 Å². The summed E-state index contributed by atoms with van der Waals surface area (Å²) in [7, 11) is 0. The van der Waals surface area contributed by atoms with Gasteiger partial charge in [-0.05, 0) is 55.2 Å². The van der Waals surface area contributed by atoms with Gasteiger partial charge < -0.3 is 15.7 Å². The molecular formula is C15H17FN2O3. The molecule has 2 amide bonds. The van der Waals surface area contributed by atoms with Crippen molar-refractivity contribution in [3.63, 3.8) is 0 Å². The SMILES string of the molecule is O=C(NCC1(C2CC2)CC1)Nc1ccc(F)c(C(=O)O)c1. The number of amides is 2. The van der Waals surface area contributed by atoms with Gasteiger partial charge in [-0.1, -0.05) is 0 Å². The Bertz CT molecular complexity index is 595. The molecule has 2 fully saturated rings. The summed E-state index contributed by atoms with van der Waals surface area (Å²) in [5.41, 5.74) is 0.110. The molecule has 2 aliphatic rings. The molecule has 0 saturated heterocycles. The fourth-order valence-electron chi connectivity index (χ4n) is 2.78. The zero-order valence-corrected chi connectivity index (χ0v) is 11.5. The van der Waals surface area contributed by atoms with Crippen LogP contribution in [0.5, 0.6) is 0 Å². The summed E-state index contributed by atoms with van der Waals surface area (Å²) in [6.07, 6.45) is 4.84. The fourth-order valence-corrected chi connectivity index (χ4v) is 2.78. The van der Waals surface area contributed by atoms with Gasteiger partial charge in [-0.3, -0.25) is 0 Å². The van der Waals surface area contributed by atoms with Crippen LogP contribution in [0.3, 0.4) is 0 Å². The molecule has 0 atom stereocenters. The average molecular weight is 292 g/mol. The lowest BCUT2D eigenvalue weighted by Gasteiger charge is -2.15. The number of nitrogens with one attached hydrogen (secondary N) is 2. The van der Waals surface area contributed by atoms with E-state index < -0.39 is 17.3 Å². The van der Waals surface area contributed by atoms with Crippen LogP contribution in [0, 0.1) is 17.2 Å².